The lowest BCUT2D eigenvalue weighted by molar-refractivity contribution is 0.180. The van der Waals surface area contributed by atoms with Gasteiger partial charge in [-0.3, -0.25) is 0 Å². The molecule has 1 rings (SSSR count). The number of amides is 1. The molecule has 0 fully saturated rings. The molecule has 1 amide bonds. The quantitative estimate of drug-likeness (QED) is 0.454. The molecule has 0 aliphatic heterocycles. The fourth-order valence-corrected chi connectivity index (χ4v) is 0.810. The van der Waals surface area contributed by atoms with Crippen LogP contribution in [0.1, 0.15) is 0 Å². The van der Waals surface area contributed by atoms with Crippen LogP contribution >= 0.6 is 0 Å². The van der Waals surface area contributed by atoms with Gasteiger partial charge in [0.1, 0.15) is 0 Å². The highest BCUT2D eigenvalue weighted by atomic mass is 16.4. The maximum absolute atomic E-state index is 10.4. The second-order valence-electron chi connectivity index (χ2n) is 2.07. The molecule has 3 nitrogen and oxygen atoms in total. The Balaban J connectivity index is 2.98. The predicted molar refractivity (Wildman–Crippen MR) is 43.8 cm³/mol. The molecule has 0 aliphatic rings. The third-order valence-electron chi connectivity index (χ3n) is 1.33. The van der Waals surface area contributed by atoms with Crippen LogP contribution < -0.4 is 4.90 Å². The van der Waals surface area contributed by atoms with Crippen molar-refractivity contribution in [2.45, 2.75) is 0 Å². The molecule has 0 saturated heterocycles. The molecule has 0 aromatic heterocycles. The first-order valence-electron chi connectivity index (χ1n) is 3.28. The van der Waals surface area contributed by atoms with Crippen molar-refractivity contribution in [3.05, 3.63) is 30.3 Å². The molecule has 1 aromatic carbocycles. The molecule has 0 N–H and O–H groups in total. The molecule has 0 bridgehead atoms. The second kappa shape index (κ2) is 3.44. The topological polar surface area (TPSA) is 40.2 Å². The zero-order valence-electron chi connectivity index (χ0n) is 6.23. The minimum absolute atomic E-state index is 0.417. The van der Waals surface area contributed by atoms with Gasteiger partial charge in [0.25, 0.3) is 0 Å². The van der Waals surface area contributed by atoms with Crippen molar-refractivity contribution in [1.29, 1.82) is 0 Å². The number of nitrogens with zero attached hydrogens (tertiary/aromatic N) is 1. The first-order chi connectivity index (χ1) is 5.75. The van der Waals surface area contributed by atoms with Gasteiger partial charge in [-0.1, -0.05) is 24.6 Å². The molecular formula is C9H6NO2. The van der Waals surface area contributed by atoms with Crippen molar-refractivity contribution in [3.63, 3.8) is 0 Å². The summed E-state index contributed by atoms with van der Waals surface area (Å²) in [5, 5.41) is 10.4. The summed E-state index contributed by atoms with van der Waals surface area (Å²) in [5.74, 6) is 0. The minimum Gasteiger partial charge on any atom is -0.219 e. The van der Waals surface area contributed by atoms with E-state index in [9.17, 15) is 9.90 Å². The van der Waals surface area contributed by atoms with Crippen LogP contribution in [0.2, 0.25) is 0 Å². The lowest BCUT2D eigenvalue weighted by Crippen LogP contribution is -2.21. The van der Waals surface area contributed by atoms with Crippen LogP contribution in [0.25, 0.3) is 0 Å². The van der Waals surface area contributed by atoms with Gasteiger partial charge in [-0.2, -0.15) is 0 Å². The highest BCUT2D eigenvalue weighted by molar-refractivity contribution is 5.89. The van der Waals surface area contributed by atoms with E-state index in [0.717, 1.165) is 0 Å². The minimum atomic E-state index is -1.40. The smallest absolute Gasteiger partial charge is 0.219 e. The first-order valence-corrected chi connectivity index (χ1v) is 3.28. The number of benzene rings is 1. The molecule has 1 aromatic rings. The fourth-order valence-electron chi connectivity index (χ4n) is 0.810. The third kappa shape index (κ3) is 1.55. The van der Waals surface area contributed by atoms with E-state index in [0.29, 0.717) is 10.6 Å². The monoisotopic (exact) mass is 160 g/mol. The molecule has 12 heavy (non-hydrogen) atoms. The Morgan fingerprint density at radius 1 is 1.33 bits per heavy atom. The molecule has 0 aliphatic carbocycles. The number of hydrogen-bond acceptors (Lipinski definition) is 1. The largest absolute Gasteiger partial charge is 0.469 e. The summed E-state index contributed by atoms with van der Waals surface area (Å²) in [4.78, 5) is 11.1. The maximum Gasteiger partial charge on any atom is 0.469 e. The van der Waals surface area contributed by atoms with Crippen LogP contribution in [0.5, 0.6) is 0 Å². The first kappa shape index (κ1) is 8.15. The van der Waals surface area contributed by atoms with Crippen LogP contribution in [0, 0.1) is 12.5 Å². The van der Waals surface area contributed by atoms with Gasteiger partial charge < -0.3 is 0 Å². The van der Waals surface area contributed by atoms with E-state index in [1.165, 1.54) is 0 Å². The lowest BCUT2D eigenvalue weighted by atomic mass is 10.3. The lowest BCUT2D eigenvalue weighted by Gasteiger charge is -2.08. The van der Waals surface area contributed by atoms with Crippen molar-refractivity contribution in [1.82, 2.24) is 0 Å². The van der Waals surface area contributed by atoms with Crippen LogP contribution in [0.3, 0.4) is 0 Å². The normalized spacial score (nSPS) is 8.58. The van der Waals surface area contributed by atoms with E-state index >= 15 is 0 Å². The van der Waals surface area contributed by atoms with E-state index in [1.807, 2.05) is 6.04 Å². The maximum atomic E-state index is 10.4. The van der Waals surface area contributed by atoms with E-state index < -0.39 is 6.09 Å². The van der Waals surface area contributed by atoms with Crippen LogP contribution in [0.4, 0.5) is 10.5 Å². The van der Waals surface area contributed by atoms with Gasteiger partial charge in [0, 0.05) is 6.04 Å². The summed E-state index contributed by atoms with van der Waals surface area (Å²) < 4.78 is 0. The van der Waals surface area contributed by atoms with Gasteiger partial charge in [-0.15, -0.1) is 0 Å². The van der Waals surface area contributed by atoms with Crippen molar-refractivity contribution in [2.24, 2.45) is 0 Å². The Labute approximate surface area is 70.2 Å². The Kier molecular flexibility index (Phi) is 2.34. The number of rotatable bonds is 1. The van der Waals surface area contributed by atoms with Gasteiger partial charge in [0.05, 0.1) is 5.69 Å². The Morgan fingerprint density at radius 3 is 2.33 bits per heavy atom. The van der Waals surface area contributed by atoms with E-state index in [4.69, 9.17) is 6.42 Å². The number of carbonyl (C=O) groups is 1. The molecule has 3 heteroatoms. The van der Waals surface area contributed by atoms with Gasteiger partial charge in [-0.05, 0) is 12.1 Å². The highest BCUT2D eigenvalue weighted by Gasteiger charge is 2.11. The number of anilines is 1. The van der Waals surface area contributed by atoms with E-state index in [2.05, 4.69) is 0 Å². The zero-order valence-corrected chi connectivity index (χ0v) is 6.23. The molecule has 0 spiro atoms. The summed E-state index contributed by atoms with van der Waals surface area (Å²) in [6.45, 7) is 0. The fraction of sp³-hybridized carbons (Fsp3) is 0. The van der Waals surface area contributed by atoms with Crippen molar-refractivity contribution in [2.75, 3.05) is 4.90 Å². The summed E-state index contributed by atoms with van der Waals surface area (Å²) in [6, 6.07) is 10.3. The van der Waals surface area contributed by atoms with Crippen LogP contribution in [-0.2, 0) is 5.11 Å². The molecule has 0 unspecified atom stereocenters. The van der Waals surface area contributed by atoms with Gasteiger partial charge >= 0.3 is 6.09 Å². The average molecular weight is 160 g/mol. The Morgan fingerprint density at radius 2 is 1.92 bits per heavy atom. The van der Waals surface area contributed by atoms with E-state index in [1.54, 1.807) is 30.3 Å². The molecule has 59 valence electrons. The number of hydrogen-bond donors (Lipinski definition) is 0. The SMILES string of the molecule is C#CN(C([O])=O)c1ccccc1. The second-order valence-corrected chi connectivity index (χ2v) is 2.07. The summed E-state index contributed by atoms with van der Waals surface area (Å²) >= 11 is 0. The van der Waals surface area contributed by atoms with E-state index in [-0.39, 0.29) is 0 Å². The average Bonchev–Trinajstić information content (AvgIpc) is 2.07. The number of terminal acetylenes is 1. The predicted octanol–water partition coefficient (Wildman–Crippen LogP) is 1.63. The molecular weight excluding hydrogens is 154 g/mol. The Bertz CT molecular complexity index is 313. The summed E-state index contributed by atoms with van der Waals surface area (Å²) in [6.07, 6.45) is 3.56. The van der Waals surface area contributed by atoms with Gasteiger partial charge in [0.15, 0.2) is 0 Å². The van der Waals surface area contributed by atoms with Crippen molar-refractivity contribution < 1.29 is 9.90 Å². The van der Waals surface area contributed by atoms with Gasteiger partial charge in [-0.25, -0.2) is 14.8 Å². The van der Waals surface area contributed by atoms with Crippen molar-refractivity contribution >= 4 is 11.8 Å². The number of carbonyl (C=O) groups excluding carboxylic acids is 1. The third-order valence-corrected chi connectivity index (χ3v) is 1.33. The molecule has 0 atom stereocenters. The summed E-state index contributed by atoms with van der Waals surface area (Å²) in [5.41, 5.74) is 0.417. The Hall–Kier alpha value is -1.95. The summed E-state index contributed by atoms with van der Waals surface area (Å²) in [7, 11) is 0. The molecule has 0 heterocycles. The van der Waals surface area contributed by atoms with Crippen molar-refractivity contribution in [3.8, 4) is 12.5 Å². The van der Waals surface area contributed by atoms with Crippen LogP contribution in [-0.4, -0.2) is 6.09 Å². The molecule has 0 saturated carbocycles. The van der Waals surface area contributed by atoms with Crippen LogP contribution in [0.15, 0.2) is 30.3 Å². The standard InChI is InChI=1S/C9H6NO2/c1-2-10(9(11)12)8-6-4-3-5-7-8/h1,3-7H. The molecule has 1 radical (unpaired) electrons. The zero-order chi connectivity index (χ0) is 8.97. The number of para-hydroxylation sites is 1. The highest BCUT2D eigenvalue weighted by Crippen LogP contribution is 2.11. The van der Waals surface area contributed by atoms with Gasteiger partial charge in [0.2, 0.25) is 0 Å².